The van der Waals surface area contributed by atoms with Crippen LogP contribution in [0.4, 0.5) is 30.7 Å². The van der Waals surface area contributed by atoms with Crippen LogP contribution in [0.15, 0.2) is 42.5 Å². The predicted molar refractivity (Wildman–Crippen MR) is 122 cm³/mol. The number of alkyl halides is 6. The van der Waals surface area contributed by atoms with E-state index in [0.29, 0.717) is 43.8 Å². The second-order valence-electron chi connectivity index (χ2n) is 9.57. The summed E-state index contributed by atoms with van der Waals surface area (Å²) in [6.45, 7) is 3.37. The van der Waals surface area contributed by atoms with Gasteiger partial charge in [0, 0.05) is 25.6 Å². The van der Waals surface area contributed by atoms with Gasteiger partial charge in [-0.15, -0.1) is 0 Å². The fourth-order valence-electron chi connectivity index (χ4n) is 4.96. The SMILES string of the molecule is C[C@@H](O[C@H]1OCC[C@H](CN2CCNC(=O)C2)[C@H]1c1ccc(F)cc1)c1cc(C(F)(F)F)cc(C(F)(F)F)c1. The maximum Gasteiger partial charge on any atom is 0.416 e. The van der Waals surface area contributed by atoms with Gasteiger partial charge in [0.15, 0.2) is 6.29 Å². The van der Waals surface area contributed by atoms with Gasteiger partial charge in [0.05, 0.1) is 30.4 Å². The van der Waals surface area contributed by atoms with Crippen molar-refractivity contribution in [2.24, 2.45) is 5.92 Å². The number of piperazine rings is 1. The molecule has 0 bridgehead atoms. The van der Waals surface area contributed by atoms with Gasteiger partial charge in [-0.1, -0.05) is 12.1 Å². The summed E-state index contributed by atoms with van der Waals surface area (Å²) < 4.78 is 106. The first-order valence-electron chi connectivity index (χ1n) is 12.1. The standard InChI is InChI=1S/C26H27F7N2O3/c1-15(18-10-19(25(28,29)30)12-20(11-18)26(31,32)33)38-24-23(16-2-4-21(27)5-3-16)17(6-9-37-24)13-35-8-7-34-22(36)14-35/h2-5,10-12,15,17,23-24H,6-9,13-14H2,1H3,(H,34,36)/t15-,17-,23-,24-/m1/s1. The summed E-state index contributed by atoms with van der Waals surface area (Å²) in [5, 5.41) is 2.75. The lowest BCUT2D eigenvalue weighted by atomic mass is 9.81. The number of carbonyl (C=O) groups is 1. The van der Waals surface area contributed by atoms with Crippen LogP contribution in [0.5, 0.6) is 0 Å². The first kappa shape index (κ1) is 28.3. The van der Waals surface area contributed by atoms with Gasteiger partial charge in [-0.05, 0) is 60.7 Å². The molecule has 2 saturated heterocycles. The Bertz CT molecular complexity index is 1090. The molecule has 0 unspecified atom stereocenters. The summed E-state index contributed by atoms with van der Waals surface area (Å²) in [7, 11) is 0. The molecule has 2 aromatic rings. The zero-order valence-electron chi connectivity index (χ0n) is 20.4. The van der Waals surface area contributed by atoms with E-state index in [4.69, 9.17) is 9.47 Å². The van der Waals surface area contributed by atoms with E-state index in [-0.39, 0.29) is 36.6 Å². The highest BCUT2D eigenvalue weighted by atomic mass is 19.4. The fraction of sp³-hybridized carbons (Fsp3) is 0.500. The molecule has 1 amide bonds. The smallest absolute Gasteiger partial charge is 0.354 e. The fourth-order valence-corrected chi connectivity index (χ4v) is 4.96. The van der Waals surface area contributed by atoms with Crippen molar-refractivity contribution in [2.45, 2.75) is 44.0 Å². The minimum Gasteiger partial charge on any atom is -0.354 e. The third-order valence-corrected chi connectivity index (χ3v) is 6.85. The monoisotopic (exact) mass is 548 g/mol. The normalized spacial score (nSPS) is 24.2. The molecule has 38 heavy (non-hydrogen) atoms. The van der Waals surface area contributed by atoms with E-state index in [1.807, 2.05) is 4.90 Å². The number of nitrogens with one attached hydrogen (secondary N) is 1. The minimum atomic E-state index is -4.99. The Labute approximate surface area is 214 Å². The highest BCUT2D eigenvalue weighted by Gasteiger charge is 2.40. The summed E-state index contributed by atoms with van der Waals surface area (Å²) in [5.41, 5.74) is -2.52. The van der Waals surface area contributed by atoms with Crippen molar-refractivity contribution in [3.05, 3.63) is 70.5 Å². The number of carbonyl (C=O) groups excluding carboxylic acids is 1. The molecular weight excluding hydrogens is 521 g/mol. The molecule has 2 fully saturated rings. The predicted octanol–water partition coefficient (Wildman–Crippen LogP) is 5.52. The summed E-state index contributed by atoms with van der Waals surface area (Å²) in [6.07, 6.45) is -11.6. The van der Waals surface area contributed by atoms with E-state index in [2.05, 4.69) is 5.32 Å². The number of rotatable bonds is 6. The van der Waals surface area contributed by atoms with Crippen molar-refractivity contribution in [3.63, 3.8) is 0 Å². The molecule has 0 spiro atoms. The Morgan fingerprint density at radius 2 is 1.68 bits per heavy atom. The molecule has 2 aliphatic rings. The number of amides is 1. The molecule has 0 aliphatic carbocycles. The van der Waals surface area contributed by atoms with Gasteiger partial charge in [0.25, 0.3) is 0 Å². The van der Waals surface area contributed by atoms with Gasteiger partial charge < -0.3 is 14.8 Å². The lowest BCUT2D eigenvalue weighted by Crippen LogP contribution is -2.51. The Morgan fingerprint density at radius 3 is 2.26 bits per heavy atom. The van der Waals surface area contributed by atoms with E-state index in [1.165, 1.54) is 19.1 Å². The Balaban J connectivity index is 1.63. The molecule has 208 valence electrons. The quantitative estimate of drug-likeness (QED) is 0.484. The van der Waals surface area contributed by atoms with Crippen LogP contribution in [-0.2, 0) is 26.6 Å². The number of benzene rings is 2. The van der Waals surface area contributed by atoms with Crippen molar-refractivity contribution in [3.8, 4) is 0 Å². The van der Waals surface area contributed by atoms with Gasteiger partial charge in [-0.25, -0.2) is 4.39 Å². The lowest BCUT2D eigenvalue weighted by molar-refractivity contribution is -0.210. The zero-order chi connectivity index (χ0) is 27.7. The number of halogens is 7. The summed E-state index contributed by atoms with van der Waals surface area (Å²) >= 11 is 0. The summed E-state index contributed by atoms with van der Waals surface area (Å²) in [5.74, 6) is -1.23. The highest BCUT2D eigenvalue weighted by Crippen LogP contribution is 2.41. The molecule has 4 rings (SSSR count). The van der Waals surface area contributed by atoms with Gasteiger partial charge in [-0.2, -0.15) is 26.3 Å². The Kier molecular flexibility index (Phi) is 8.34. The van der Waals surface area contributed by atoms with Gasteiger partial charge in [-0.3, -0.25) is 9.69 Å². The molecular formula is C26H27F7N2O3. The average molecular weight is 548 g/mol. The zero-order valence-corrected chi connectivity index (χ0v) is 20.4. The van der Waals surface area contributed by atoms with E-state index in [0.717, 1.165) is 0 Å². The number of ether oxygens (including phenoxy) is 2. The Morgan fingerprint density at radius 1 is 1.05 bits per heavy atom. The third kappa shape index (κ3) is 6.83. The van der Waals surface area contributed by atoms with Crippen LogP contribution >= 0.6 is 0 Å². The molecule has 2 heterocycles. The molecule has 12 heteroatoms. The first-order valence-corrected chi connectivity index (χ1v) is 12.1. The second-order valence-corrected chi connectivity index (χ2v) is 9.57. The molecule has 0 aromatic heterocycles. The molecule has 1 N–H and O–H groups in total. The maximum atomic E-state index is 13.7. The number of nitrogens with zero attached hydrogens (tertiary/aromatic N) is 1. The largest absolute Gasteiger partial charge is 0.416 e. The van der Waals surface area contributed by atoms with Crippen LogP contribution in [0.2, 0.25) is 0 Å². The van der Waals surface area contributed by atoms with E-state index < -0.39 is 47.6 Å². The van der Waals surface area contributed by atoms with Crippen molar-refractivity contribution >= 4 is 5.91 Å². The molecule has 5 nitrogen and oxygen atoms in total. The molecule has 0 saturated carbocycles. The number of hydrogen-bond donors (Lipinski definition) is 1. The van der Waals surface area contributed by atoms with Crippen molar-refractivity contribution in [1.29, 1.82) is 0 Å². The molecule has 2 aliphatic heterocycles. The van der Waals surface area contributed by atoms with E-state index in [1.54, 1.807) is 12.1 Å². The Hall–Kier alpha value is -2.70. The number of hydrogen-bond acceptors (Lipinski definition) is 4. The highest BCUT2D eigenvalue weighted by molar-refractivity contribution is 5.78. The van der Waals surface area contributed by atoms with Gasteiger partial charge in [0.1, 0.15) is 5.82 Å². The minimum absolute atomic E-state index is 0.0689. The van der Waals surface area contributed by atoms with Gasteiger partial charge >= 0.3 is 12.4 Å². The summed E-state index contributed by atoms with van der Waals surface area (Å²) in [4.78, 5) is 13.8. The van der Waals surface area contributed by atoms with Crippen LogP contribution in [0, 0.1) is 11.7 Å². The maximum absolute atomic E-state index is 13.7. The average Bonchev–Trinajstić information content (AvgIpc) is 2.84. The van der Waals surface area contributed by atoms with Crippen LogP contribution in [0.1, 0.15) is 47.6 Å². The first-order chi connectivity index (χ1) is 17.8. The molecule has 0 radical (unpaired) electrons. The van der Waals surface area contributed by atoms with Crippen molar-refractivity contribution in [1.82, 2.24) is 10.2 Å². The van der Waals surface area contributed by atoms with E-state index in [9.17, 15) is 35.5 Å². The summed E-state index contributed by atoms with van der Waals surface area (Å²) in [6, 6.07) is 6.98. The second kappa shape index (κ2) is 11.2. The van der Waals surface area contributed by atoms with E-state index >= 15 is 0 Å². The molecule has 4 atom stereocenters. The van der Waals surface area contributed by atoms with Crippen LogP contribution in [-0.4, -0.2) is 49.9 Å². The van der Waals surface area contributed by atoms with Gasteiger partial charge in [0.2, 0.25) is 5.91 Å². The third-order valence-electron chi connectivity index (χ3n) is 6.85. The van der Waals surface area contributed by atoms with Crippen molar-refractivity contribution in [2.75, 3.05) is 32.8 Å². The van der Waals surface area contributed by atoms with Crippen molar-refractivity contribution < 1.29 is 45.0 Å². The topological polar surface area (TPSA) is 50.8 Å². The lowest BCUT2D eigenvalue weighted by Gasteiger charge is -2.42. The molecule has 2 aromatic carbocycles. The van der Waals surface area contributed by atoms with Crippen LogP contribution < -0.4 is 5.32 Å². The van der Waals surface area contributed by atoms with Crippen LogP contribution in [0.3, 0.4) is 0 Å². The van der Waals surface area contributed by atoms with Crippen LogP contribution in [0.25, 0.3) is 0 Å².